The molecule has 7 heteroatoms. The van der Waals surface area contributed by atoms with Gasteiger partial charge in [0.05, 0.1) is 5.02 Å². The van der Waals surface area contributed by atoms with Crippen LogP contribution in [0, 0.1) is 0 Å². The molecule has 0 N–H and O–H groups in total. The molecule has 0 bridgehead atoms. The van der Waals surface area contributed by atoms with Crippen molar-refractivity contribution >= 4 is 29.1 Å². The molecule has 0 unspecified atom stereocenters. The summed E-state index contributed by atoms with van der Waals surface area (Å²) in [4.78, 5) is 14.1. The van der Waals surface area contributed by atoms with Crippen molar-refractivity contribution in [3.05, 3.63) is 52.0 Å². The molecular formula is C18H17Cl2NO4. The van der Waals surface area contributed by atoms with Crippen LogP contribution in [0.15, 0.2) is 36.4 Å². The lowest BCUT2D eigenvalue weighted by molar-refractivity contribution is -0.133. The second-order valence-electron chi connectivity index (χ2n) is 5.46. The third kappa shape index (κ3) is 4.30. The minimum atomic E-state index is -0.133. The highest BCUT2D eigenvalue weighted by Gasteiger charge is 2.17. The number of carbonyl (C=O) groups is 1. The van der Waals surface area contributed by atoms with Crippen molar-refractivity contribution in [3.8, 4) is 17.2 Å². The molecule has 3 rings (SSSR count). The molecule has 1 aliphatic heterocycles. The highest BCUT2D eigenvalue weighted by atomic mass is 35.5. The van der Waals surface area contributed by atoms with Gasteiger partial charge in [-0.2, -0.15) is 0 Å². The van der Waals surface area contributed by atoms with Crippen LogP contribution in [0.5, 0.6) is 17.2 Å². The second-order valence-corrected chi connectivity index (χ2v) is 6.30. The first-order valence-electron chi connectivity index (χ1n) is 7.81. The molecule has 132 valence electrons. The van der Waals surface area contributed by atoms with Crippen molar-refractivity contribution in [1.82, 2.24) is 4.90 Å². The normalized spacial score (nSPS) is 12.1. The number of nitrogens with zero attached hydrogens (tertiary/aromatic N) is 1. The first-order valence-corrected chi connectivity index (χ1v) is 8.56. The average molecular weight is 382 g/mol. The minimum absolute atomic E-state index is 0.0975. The van der Waals surface area contributed by atoms with E-state index in [1.807, 2.05) is 25.1 Å². The average Bonchev–Trinajstić information content (AvgIpc) is 3.06. The maximum absolute atomic E-state index is 12.4. The number of hydrogen-bond donors (Lipinski definition) is 0. The molecule has 0 spiro atoms. The van der Waals surface area contributed by atoms with Gasteiger partial charge < -0.3 is 19.1 Å². The van der Waals surface area contributed by atoms with Crippen LogP contribution in [0.4, 0.5) is 0 Å². The molecule has 2 aromatic carbocycles. The van der Waals surface area contributed by atoms with E-state index in [0.29, 0.717) is 34.6 Å². The Kier molecular flexibility index (Phi) is 5.56. The van der Waals surface area contributed by atoms with Gasteiger partial charge in [-0.05, 0) is 42.8 Å². The monoisotopic (exact) mass is 381 g/mol. The third-order valence-electron chi connectivity index (χ3n) is 3.79. The van der Waals surface area contributed by atoms with Crippen molar-refractivity contribution in [3.63, 3.8) is 0 Å². The molecule has 0 fully saturated rings. The summed E-state index contributed by atoms with van der Waals surface area (Å²) < 4.78 is 16.2. The van der Waals surface area contributed by atoms with Crippen LogP contribution in [0.2, 0.25) is 10.0 Å². The smallest absolute Gasteiger partial charge is 0.260 e. The molecule has 0 aromatic heterocycles. The Hall–Kier alpha value is -2.11. The molecule has 25 heavy (non-hydrogen) atoms. The molecular weight excluding hydrogens is 365 g/mol. The Morgan fingerprint density at radius 1 is 1.16 bits per heavy atom. The number of amides is 1. The van der Waals surface area contributed by atoms with Crippen molar-refractivity contribution in [2.45, 2.75) is 13.5 Å². The highest BCUT2D eigenvalue weighted by Crippen LogP contribution is 2.33. The van der Waals surface area contributed by atoms with Gasteiger partial charge in [0.25, 0.3) is 5.91 Å². The predicted molar refractivity (Wildman–Crippen MR) is 95.6 cm³/mol. The van der Waals surface area contributed by atoms with Crippen LogP contribution in [-0.2, 0) is 11.3 Å². The standard InChI is InChI=1S/C18H17Cl2NO4/c1-2-21(9-12-3-5-16-17(7-12)25-11-24-16)18(22)10-23-15-6-4-13(19)8-14(15)20/h3-8H,2,9-11H2,1H3. The van der Waals surface area contributed by atoms with Gasteiger partial charge in [-0.1, -0.05) is 29.3 Å². The van der Waals surface area contributed by atoms with E-state index in [-0.39, 0.29) is 19.3 Å². The fourth-order valence-electron chi connectivity index (χ4n) is 2.46. The number of hydrogen-bond acceptors (Lipinski definition) is 4. The van der Waals surface area contributed by atoms with Crippen LogP contribution in [-0.4, -0.2) is 30.8 Å². The minimum Gasteiger partial charge on any atom is -0.482 e. The molecule has 1 amide bonds. The Morgan fingerprint density at radius 3 is 2.72 bits per heavy atom. The number of benzene rings is 2. The molecule has 0 radical (unpaired) electrons. The maximum Gasteiger partial charge on any atom is 0.260 e. The van der Waals surface area contributed by atoms with Gasteiger partial charge in [0.2, 0.25) is 6.79 Å². The van der Waals surface area contributed by atoms with Crippen LogP contribution in [0.25, 0.3) is 0 Å². The number of fused-ring (bicyclic) bond motifs is 1. The van der Waals surface area contributed by atoms with Crippen LogP contribution in [0.3, 0.4) is 0 Å². The molecule has 0 saturated heterocycles. The van der Waals surface area contributed by atoms with E-state index in [0.717, 1.165) is 11.3 Å². The van der Waals surface area contributed by atoms with Gasteiger partial charge in [-0.3, -0.25) is 4.79 Å². The lowest BCUT2D eigenvalue weighted by Crippen LogP contribution is -2.34. The predicted octanol–water partition coefficient (Wildman–Crippen LogP) is 4.15. The molecule has 0 atom stereocenters. The van der Waals surface area contributed by atoms with E-state index < -0.39 is 0 Å². The molecule has 2 aromatic rings. The summed E-state index contributed by atoms with van der Waals surface area (Å²) >= 11 is 11.9. The van der Waals surface area contributed by atoms with E-state index in [4.69, 9.17) is 37.4 Å². The molecule has 1 heterocycles. The molecule has 0 aliphatic carbocycles. The molecule has 1 aliphatic rings. The van der Waals surface area contributed by atoms with Crippen LogP contribution >= 0.6 is 23.2 Å². The lowest BCUT2D eigenvalue weighted by atomic mass is 10.2. The van der Waals surface area contributed by atoms with E-state index in [1.54, 1.807) is 23.1 Å². The Balaban J connectivity index is 1.61. The SMILES string of the molecule is CCN(Cc1ccc2c(c1)OCO2)C(=O)COc1ccc(Cl)cc1Cl. The van der Waals surface area contributed by atoms with Gasteiger partial charge in [0.1, 0.15) is 5.75 Å². The summed E-state index contributed by atoms with van der Waals surface area (Å²) in [6.45, 7) is 3.07. The van der Waals surface area contributed by atoms with Crippen molar-refractivity contribution in [2.75, 3.05) is 19.9 Å². The van der Waals surface area contributed by atoms with Gasteiger partial charge in [-0.25, -0.2) is 0 Å². The van der Waals surface area contributed by atoms with Gasteiger partial charge in [-0.15, -0.1) is 0 Å². The maximum atomic E-state index is 12.4. The van der Waals surface area contributed by atoms with Crippen LogP contribution in [0.1, 0.15) is 12.5 Å². The second kappa shape index (κ2) is 7.85. The molecule has 5 nitrogen and oxygen atoms in total. The summed E-state index contributed by atoms with van der Waals surface area (Å²) in [5.41, 5.74) is 0.962. The van der Waals surface area contributed by atoms with E-state index in [1.165, 1.54) is 0 Å². The Bertz CT molecular complexity index is 782. The summed E-state index contributed by atoms with van der Waals surface area (Å²) in [6, 6.07) is 10.5. The lowest BCUT2D eigenvalue weighted by Gasteiger charge is -2.21. The van der Waals surface area contributed by atoms with Gasteiger partial charge >= 0.3 is 0 Å². The number of likely N-dealkylation sites (N-methyl/N-ethyl adjacent to an activating group) is 1. The summed E-state index contributed by atoms with van der Waals surface area (Å²) in [7, 11) is 0. The van der Waals surface area contributed by atoms with Crippen molar-refractivity contribution < 1.29 is 19.0 Å². The molecule has 0 saturated carbocycles. The largest absolute Gasteiger partial charge is 0.482 e. The highest BCUT2D eigenvalue weighted by molar-refractivity contribution is 6.35. The number of rotatable bonds is 6. The fourth-order valence-corrected chi connectivity index (χ4v) is 2.92. The number of halogens is 2. The van der Waals surface area contributed by atoms with Crippen LogP contribution < -0.4 is 14.2 Å². The van der Waals surface area contributed by atoms with Gasteiger partial charge in [0, 0.05) is 18.1 Å². The number of carbonyl (C=O) groups excluding carboxylic acids is 1. The fraction of sp³-hybridized carbons (Fsp3) is 0.278. The van der Waals surface area contributed by atoms with Crippen molar-refractivity contribution in [1.29, 1.82) is 0 Å². The third-order valence-corrected chi connectivity index (χ3v) is 4.32. The first kappa shape index (κ1) is 17.7. The zero-order valence-corrected chi connectivity index (χ0v) is 15.1. The van der Waals surface area contributed by atoms with E-state index in [9.17, 15) is 4.79 Å². The van der Waals surface area contributed by atoms with E-state index >= 15 is 0 Å². The summed E-state index contributed by atoms with van der Waals surface area (Å²) in [5, 5.41) is 0.890. The topological polar surface area (TPSA) is 48.0 Å². The Morgan fingerprint density at radius 2 is 1.96 bits per heavy atom. The quantitative estimate of drug-likeness (QED) is 0.753. The summed E-state index contributed by atoms with van der Waals surface area (Å²) in [6.07, 6.45) is 0. The van der Waals surface area contributed by atoms with Crippen molar-refractivity contribution in [2.24, 2.45) is 0 Å². The van der Waals surface area contributed by atoms with E-state index in [2.05, 4.69) is 0 Å². The summed E-state index contributed by atoms with van der Waals surface area (Å²) in [5.74, 6) is 1.72. The Labute approximate surface area is 156 Å². The zero-order chi connectivity index (χ0) is 17.8. The first-order chi connectivity index (χ1) is 12.1. The zero-order valence-electron chi connectivity index (χ0n) is 13.6. The number of ether oxygens (including phenoxy) is 3. The van der Waals surface area contributed by atoms with Gasteiger partial charge in [0.15, 0.2) is 18.1 Å².